The van der Waals surface area contributed by atoms with Crippen molar-refractivity contribution in [2.75, 3.05) is 13.1 Å². The molecule has 0 unspecified atom stereocenters. The fraction of sp³-hybridized carbons (Fsp3) is 0.889. The average Bonchev–Trinajstić information content (AvgIpc) is 2.05. The van der Waals surface area contributed by atoms with Crippen molar-refractivity contribution in [2.45, 2.75) is 33.1 Å². The minimum atomic E-state index is 0.625. The summed E-state index contributed by atoms with van der Waals surface area (Å²) in [7, 11) is 0. The fourth-order valence-electron chi connectivity index (χ4n) is 1.03. The third-order valence-electron chi connectivity index (χ3n) is 2.00. The summed E-state index contributed by atoms with van der Waals surface area (Å²) in [4.78, 5) is 0. The smallest absolute Gasteiger partial charge is 0.0635 e. The van der Waals surface area contributed by atoms with E-state index in [0.29, 0.717) is 6.42 Å². The van der Waals surface area contributed by atoms with Gasteiger partial charge in [0.05, 0.1) is 6.07 Å². The van der Waals surface area contributed by atoms with E-state index in [1.165, 1.54) is 12.8 Å². The molecule has 0 bridgehead atoms. The highest BCUT2D eigenvalue weighted by atomic mass is 14.8. The zero-order valence-electron chi connectivity index (χ0n) is 7.56. The molecule has 2 nitrogen and oxygen atoms in total. The second kappa shape index (κ2) is 7.56. The van der Waals surface area contributed by atoms with Crippen molar-refractivity contribution in [1.82, 2.24) is 5.32 Å². The van der Waals surface area contributed by atoms with E-state index in [2.05, 4.69) is 25.2 Å². The highest BCUT2D eigenvalue weighted by molar-refractivity contribution is 4.70. The van der Waals surface area contributed by atoms with Gasteiger partial charge in [-0.2, -0.15) is 5.26 Å². The van der Waals surface area contributed by atoms with E-state index in [0.717, 1.165) is 19.0 Å². The lowest BCUT2D eigenvalue weighted by atomic mass is 10.0. The molecule has 0 heterocycles. The molecule has 0 saturated carbocycles. The predicted octanol–water partition coefficient (Wildman–Crippen LogP) is 1.93. The van der Waals surface area contributed by atoms with Crippen molar-refractivity contribution in [3.05, 3.63) is 0 Å². The Kier molecular flexibility index (Phi) is 7.18. The summed E-state index contributed by atoms with van der Waals surface area (Å²) >= 11 is 0. The summed E-state index contributed by atoms with van der Waals surface area (Å²) in [5.41, 5.74) is 0. The predicted molar refractivity (Wildman–Crippen MR) is 47.2 cm³/mol. The zero-order chi connectivity index (χ0) is 8.53. The number of nitrogens with zero attached hydrogens (tertiary/aromatic N) is 1. The summed E-state index contributed by atoms with van der Waals surface area (Å²) in [6.45, 7) is 6.32. The third kappa shape index (κ3) is 5.87. The van der Waals surface area contributed by atoms with E-state index in [1.807, 2.05) is 0 Å². The van der Waals surface area contributed by atoms with Gasteiger partial charge in [-0.25, -0.2) is 0 Å². The van der Waals surface area contributed by atoms with Crippen LogP contribution >= 0.6 is 0 Å². The van der Waals surface area contributed by atoms with Crippen LogP contribution in [0.25, 0.3) is 0 Å². The van der Waals surface area contributed by atoms with Crippen LogP contribution in [0.5, 0.6) is 0 Å². The van der Waals surface area contributed by atoms with Gasteiger partial charge in [0.2, 0.25) is 0 Å². The maximum atomic E-state index is 8.26. The van der Waals surface area contributed by atoms with Gasteiger partial charge >= 0.3 is 0 Å². The molecule has 0 amide bonds. The SMILES string of the molecule is CCC(CC)CNCCC#N. The summed E-state index contributed by atoms with van der Waals surface area (Å²) in [5.74, 6) is 0.786. The molecule has 0 rings (SSSR count). The molecular weight excluding hydrogens is 136 g/mol. The first-order chi connectivity index (χ1) is 5.35. The van der Waals surface area contributed by atoms with E-state index in [9.17, 15) is 0 Å². The van der Waals surface area contributed by atoms with Crippen LogP contribution in [0.3, 0.4) is 0 Å². The highest BCUT2D eigenvalue weighted by Crippen LogP contribution is 2.04. The molecule has 0 saturated heterocycles. The Bertz CT molecular complexity index is 111. The van der Waals surface area contributed by atoms with Crippen molar-refractivity contribution in [3.63, 3.8) is 0 Å². The molecule has 1 N–H and O–H groups in total. The number of hydrogen-bond acceptors (Lipinski definition) is 2. The molecule has 0 aliphatic rings. The van der Waals surface area contributed by atoms with Gasteiger partial charge in [0, 0.05) is 13.0 Å². The lowest BCUT2D eigenvalue weighted by Crippen LogP contribution is -2.22. The largest absolute Gasteiger partial charge is 0.315 e. The first-order valence-electron chi connectivity index (χ1n) is 4.42. The minimum Gasteiger partial charge on any atom is -0.315 e. The summed E-state index contributed by atoms with van der Waals surface area (Å²) in [6, 6.07) is 2.11. The van der Waals surface area contributed by atoms with Gasteiger partial charge in [0.15, 0.2) is 0 Å². The van der Waals surface area contributed by atoms with Crippen molar-refractivity contribution in [3.8, 4) is 6.07 Å². The van der Waals surface area contributed by atoms with Gasteiger partial charge in [0.1, 0.15) is 0 Å². The van der Waals surface area contributed by atoms with Gasteiger partial charge in [-0.05, 0) is 12.5 Å². The molecule has 11 heavy (non-hydrogen) atoms. The molecule has 0 spiro atoms. The summed E-state index contributed by atoms with van der Waals surface area (Å²) < 4.78 is 0. The van der Waals surface area contributed by atoms with Crippen molar-refractivity contribution >= 4 is 0 Å². The number of rotatable bonds is 6. The maximum Gasteiger partial charge on any atom is 0.0635 e. The normalized spacial score (nSPS) is 10.0. The second-order valence-electron chi connectivity index (χ2n) is 2.79. The molecule has 0 aliphatic heterocycles. The van der Waals surface area contributed by atoms with Crippen LogP contribution in [0.15, 0.2) is 0 Å². The Morgan fingerprint density at radius 2 is 2.00 bits per heavy atom. The molecule has 64 valence electrons. The quantitative estimate of drug-likeness (QED) is 0.593. The van der Waals surface area contributed by atoms with Gasteiger partial charge in [-0.15, -0.1) is 0 Å². The topological polar surface area (TPSA) is 35.8 Å². The molecule has 0 aliphatic carbocycles. The molecular formula is C9H18N2. The molecule has 0 atom stereocenters. The van der Waals surface area contributed by atoms with Crippen molar-refractivity contribution < 1.29 is 0 Å². The Labute approximate surface area is 69.6 Å². The molecule has 0 aromatic carbocycles. The fourth-order valence-corrected chi connectivity index (χ4v) is 1.03. The Morgan fingerprint density at radius 1 is 1.36 bits per heavy atom. The van der Waals surface area contributed by atoms with Crippen LogP contribution in [0.4, 0.5) is 0 Å². The Hall–Kier alpha value is -0.550. The van der Waals surface area contributed by atoms with Crippen LogP contribution in [0, 0.1) is 17.2 Å². The van der Waals surface area contributed by atoms with Gasteiger partial charge in [-0.3, -0.25) is 0 Å². The highest BCUT2D eigenvalue weighted by Gasteiger charge is 2.00. The Morgan fingerprint density at radius 3 is 2.45 bits per heavy atom. The maximum absolute atomic E-state index is 8.26. The first-order valence-corrected chi connectivity index (χ1v) is 4.42. The molecule has 2 heteroatoms. The van der Waals surface area contributed by atoms with Crippen LogP contribution in [-0.4, -0.2) is 13.1 Å². The van der Waals surface area contributed by atoms with E-state index in [4.69, 9.17) is 5.26 Å². The Balaban J connectivity index is 3.16. The summed E-state index contributed by atoms with van der Waals surface area (Å²) in [6.07, 6.45) is 3.09. The summed E-state index contributed by atoms with van der Waals surface area (Å²) in [5, 5.41) is 11.5. The number of hydrogen-bond donors (Lipinski definition) is 1. The number of nitriles is 1. The van der Waals surface area contributed by atoms with E-state index < -0.39 is 0 Å². The standard InChI is InChI=1S/C9H18N2/c1-3-9(4-2)8-11-7-5-6-10/h9,11H,3-5,7-8H2,1-2H3. The molecule has 0 fully saturated rings. The molecule has 0 aromatic heterocycles. The first kappa shape index (κ1) is 10.4. The van der Waals surface area contributed by atoms with Crippen LogP contribution in [0.1, 0.15) is 33.1 Å². The van der Waals surface area contributed by atoms with E-state index in [1.54, 1.807) is 0 Å². The van der Waals surface area contributed by atoms with Gasteiger partial charge < -0.3 is 5.32 Å². The van der Waals surface area contributed by atoms with Gasteiger partial charge in [0.25, 0.3) is 0 Å². The third-order valence-corrected chi connectivity index (χ3v) is 2.00. The zero-order valence-corrected chi connectivity index (χ0v) is 7.56. The van der Waals surface area contributed by atoms with Crippen LogP contribution < -0.4 is 5.32 Å². The second-order valence-corrected chi connectivity index (χ2v) is 2.79. The molecule has 0 radical (unpaired) electrons. The monoisotopic (exact) mass is 154 g/mol. The van der Waals surface area contributed by atoms with E-state index >= 15 is 0 Å². The van der Waals surface area contributed by atoms with Crippen LogP contribution in [0.2, 0.25) is 0 Å². The van der Waals surface area contributed by atoms with Gasteiger partial charge in [-0.1, -0.05) is 26.7 Å². The molecule has 0 aromatic rings. The van der Waals surface area contributed by atoms with Crippen molar-refractivity contribution in [1.29, 1.82) is 5.26 Å². The average molecular weight is 154 g/mol. The number of nitrogens with one attached hydrogen (secondary N) is 1. The lowest BCUT2D eigenvalue weighted by Gasteiger charge is -2.11. The minimum absolute atomic E-state index is 0.625. The lowest BCUT2D eigenvalue weighted by molar-refractivity contribution is 0.453. The van der Waals surface area contributed by atoms with Crippen LogP contribution in [-0.2, 0) is 0 Å². The van der Waals surface area contributed by atoms with E-state index in [-0.39, 0.29) is 0 Å². The van der Waals surface area contributed by atoms with Crippen molar-refractivity contribution in [2.24, 2.45) is 5.92 Å².